The third-order valence-electron chi connectivity index (χ3n) is 4.98. The number of carbonyl (C=O) groups excluding carboxylic acids is 2. The van der Waals surface area contributed by atoms with E-state index in [0.29, 0.717) is 0 Å². The molecule has 2 amide bonds. The van der Waals surface area contributed by atoms with E-state index in [1.165, 1.54) is 12.5 Å². The van der Waals surface area contributed by atoms with Gasteiger partial charge in [0, 0.05) is 23.8 Å². The zero-order chi connectivity index (χ0) is 20.9. The standard InChI is InChI=1S/C24H22N2O2S2/c1-17(27)26-12-10-19-6-2-3-7-20(19)22(26)14-24(28)25-21-8-4-5-9-23(21)30-16-18-11-13-29-15-18/h2-13,15,22H,14,16H2,1H3,(H,25,28). The van der Waals surface area contributed by atoms with Gasteiger partial charge < -0.3 is 10.2 Å². The Labute approximate surface area is 184 Å². The number of thioether (sulfide) groups is 1. The van der Waals surface area contributed by atoms with Gasteiger partial charge in [-0.1, -0.05) is 36.4 Å². The molecule has 3 aromatic rings. The van der Waals surface area contributed by atoms with Crippen LogP contribution in [-0.2, 0) is 15.3 Å². The van der Waals surface area contributed by atoms with E-state index in [9.17, 15) is 9.59 Å². The highest BCUT2D eigenvalue weighted by molar-refractivity contribution is 7.98. The molecule has 1 atom stereocenters. The lowest BCUT2D eigenvalue weighted by molar-refractivity contribution is -0.129. The largest absolute Gasteiger partial charge is 0.325 e. The van der Waals surface area contributed by atoms with Gasteiger partial charge >= 0.3 is 0 Å². The maximum atomic E-state index is 13.0. The second-order valence-corrected chi connectivity index (χ2v) is 8.85. The van der Waals surface area contributed by atoms with E-state index in [4.69, 9.17) is 0 Å². The number of hydrogen-bond acceptors (Lipinski definition) is 4. The third kappa shape index (κ3) is 4.66. The maximum Gasteiger partial charge on any atom is 0.226 e. The topological polar surface area (TPSA) is 49.4 Å². The summed E-state index contributed by atoms with van der Waals surface area (Å²) in [5.41, 5.74) is 4.11. The van der Waals surface area contributed by atoms with E-state index in [1.807, 2.05) is 54.6 Å². The van der Waals surface area contributed by atoms with Crippen LogP contribution < -0.4 is 5.32 Å². The molecule has 2 aromatic carbocycles. The van der Waals surface area contributed by atoms with Crippen LogP contribution in [0.3, 0.4) is 0 Å². The van der Waals surface area contributed by atoms with Crippen molar-refractivity contribution in [1.29, 1.82) is 0 Å². The molecule has 0 fully saturated rings. The van der Waals surface area contributed by atoms with Gasteiger partial charge in [-0.25, -0.2) is 0 Å². The van der Waals surface area contributed by atoms with Crippen molar-refractivity contribution >= 4 is 46.7 Å². The lowest BCUT2D eigenvalue weighted by Gasteiger charge is -2.32. The molecule has 0 saturated heterocycles. The van der Waals surface area contributed by atoms with Gasteiger partial charge in [0.05, 0.1) is 18.2 Å². The van der Waals surface area contributed by atoms with Gasteiger partial charge in [0.2, 0.25) is 11.8 Å². The lowest BCUT2D eigenvalue weighted by atomic mass is 9.93. The molecule has 0 radical (unpaired) electrons. The number of anilines is 1. The fourth-order valence-electron chi connectivity index (χ4n) is 3.52. The summed E-state index contributed by atoms with van der Waals surface area (Å²) in [5, 5.41) is 7.27. The monoisotopic (exact) mass is 434 g/mol. The molecule has 30 heavy (non-hydrogen) atoms. The number of benzene rings is 2. The summed E-state index contributed by atoms with van der Waals surface area (Å²) < 4.78 is 0. The molecular formula is C24H22N2O2S2. The summed E-state index contributed by atoms with van der Waals surface area (Å²) >= 11 is 3.39. The number of nitrogens with one attached hydrogen (secondary N) is 1. The van der Waals surface area contributed by atoms with E-state index < -0.39 is 0 Å². The van der Waals surface area contributed by atoms with Crippen LogP contribution in [0, 0.1) is 0 Å². The second-order valence-electron chi connectivity index (χ2n) is 7.06. The molecule has 1 aliphatic rings. The van der Waals surface area contributed by atoms with Crippen molar-refractivity contribution in [1.82, 2.24) is 4.90 Å². The summed E-state index contributed by atoms with van der Waals surface area (Å²) in [5.74, 6) is 0.667. The Morgan fingerprint density at radius 3 is 2.70 bits per heavy atom. The van der Waals surface area contributed by atoms with Gasteiger partial charge in [0.25, 0.3) is 0 Å². The zero-order valence-electron chi connectivity index (χ0n) is 16.6. The fraction of sp³-hybridized carbons (Fsp3) is 0.167. The second kappa shape index (κ2) is 9.32. The molecule has 0 aliphatic carbocycles. The van der Waals surface area contributed by atoms with Crippen molar-refractivity contribution in [3.63, 3.8) is 0 Å². The summed E-state index contributed by atoms with van der Waals surface area (Å²) in [4.78, 5) is 27.8. The normalized spacial score (nSPS) is 15.0. The van der Waals surface area contributed by atoms with Crippen molar-refractivity contribution in [2.75, 3.05) is 5.32 Å². The smallest absolute Gasteiger partial charge is 0.226 e. The van der Waals surface area contributed by atoms with Gasteiger partial charge in [-0.15, -0.1) is 11.8 Å². The van der Waals surface area contributed by atoms with Crippen LogP contribution in [0.5, 0.6) is 0 Å². The van der Waals surface area contributed by atoms with Crippen molar-refractivity contribution in [2.45, 2.75) is 30.0 Å². The van der Waals surface area contributed by atoms with Gasteiger partial charge in [-0.2, -0.15) is 11.3 Å². The van der Waals surface area contributed by atoms with Crippen LogP contribution in [0.15, 0.2) is 76.5 Å². The van der Waals surface area contributed by atoms with E-state index in [-0.39, 0.29) is 24.3 Å². The van der Waals surface area contributed by atoms with Gasteiger partial charge in [0.1, 0.15) is 0 Å². The Morgan fingerprint density at radius 1 is 1.10 bits per heavy atom. The first-order valence-corrected chi connectivity index (χ1v) is 11.6. The molecule has 1 aliphatic heterocycles. The van der Waals surface area contributed by atoms with Gasteiger partial charge in [-0.3, -0.25) is 9.59 Å². The highest BCUT2D eigenvalue weighted by Crippen LogP contribution is 2.34. The van der Waals surface area contributed by atoms with Crippen LogP contribution in [-0.4, -0.2) is 16.7 Å². The minimum atomic E-state index is -0.311. The number of para-hydroxylation sites is 1. The Morgan fingerprint density at radius 2 is 1.90 bits per heavy atom. The van der Waals surface area contributed by atoms with Crippen molar-refractivity contribution in [2.24, 2.45) is 0 Å². The summed E-state index contributed by atoms with van der Waals surface area (Å²) in [6.07, 6.45) is 3.89. The molecule has 0 spiro atoms. The van der Waals surface area contributed by atoms with E-state index in [0.717, 1.165) is 27.5 Å². The first-order valence-electron chi connectivity index (χ1n) is 9.70. The van der Waals surface area contributed by atoms with E-state index in [1.54, 1.807) is 34.2 Å². The maximum absolute atomic E-state index is 13.0. The number of hydrogen-bond donors (Lipinski definition) is 1. The number of carbonyl (C=O) groups is 2. The van der Waals surface area contributed by atoms with Crippen molar-refractivity contribution in [3.05, 3.63) is 88.2 Å². The number of thiophene rings is 1. The molecule has 1 aromatic heterocycles. The van der Waals surface area contributed by atoms with Gasteiger partial charge in [-0.05, 0) is 51.7 Å². The van der Waals surface area contributed by atoms with Crippen LogP contribution >= 0.6 is 23.1 Å². The highest BCUT2D eigenvalue weighted by atomic mass is 32.2. The first kappa shape index (κ1) is 20.4. The minimum Gasteiger partial charge on any atom is -0.325 e. The van der Waals surface area contributed by atoms with Crippen LogP contribution in [0.2, 0.25) is 0 Å². The SMILES string of the molecule is CC(=O)N1C=Cc2ccccc2C1CC(=O)Nc1ccccc1SCc1ccsc1. The number of amides is 2. The van der Waals surface area contributed by atoms with Crippen LogP contribution in [0.25, 0.3) is 6.08 Å². The quantitative estimate of drug-likeness (QED) is 0.488. The molecular weight excluding hydrogens is 412 g/mol. The Kier molecular flexibility index (Phi) is 6.35. The molecule has 0 bridgehead atoms. The van der Waals surface area contributed by atoms with E-state index in [2.05, 4.69) is 22.1 Å². The zero-order valence-corrected chi connectivity index (χ0v) is 18.2. The van der Waals surface area contributed by atoms with Crippen LogP contribution in [0.1, 0.15) is 36.1 Å². The molecule has 2 heterocycles. The number of fused-ring (bicyclic) bond motifs is 1. The number of rotatable bonds is 6. The molecule has 152 valence electrons. The molecule has 6 heteroatoms. The van der Waals surface area contributed by atoms with Gasteiger partial charge in [0.15, 0.2) is 0 Å². The molecule has 4 nitrogen and oxygen atoms in total. The summed E-state index contributed by atoms with van der Waals surface area (Å²) in [6, 6.07) is 17.5. The first-order chi connectivity index (χ1) is 14.6. The predicted octanol–water partition coefficient (Wildman–Crippen LogP) is 5.94. The Bertz CT molecular complexity index is 1080. The van der Waals surface area contributed by atoms with Crippen molar-refractivity contribution < 1.29 is 9.59 Å². The van der Waals surface area contributed by atoms with Crippen LogP contribution in [0.4, 0.5) is 5.69 Å². The molecule has 1 unspecified atom stereocenters. The third-order valence-corrected chi connectivity index (χ3v) is 6.86. The fourth-order valence-corrected chi connectivity index (χ4v) is 5.25. The predicted molar refractivity (Wildman–Crippen MR) is 124 cm³/mol. The lowest BCUT2D eigenvalue weighted by Crippen LogP contribution is -2.33. The molecule has 4 rings (SSSR count). The number of nitrogens with zero attached hydrogens (tertiary/aromatic N) is 1. The molecule has 0 saturated carbocycles. The average molecular weight is 435 g/mol. The summed E-state index contributed by atoms with van der Waals surface area (Å²) in [7, 11) is 0. The summed E-state index contributed by atoms with van der Waals surface area (Å²) in [6.45, 7) is 1.53. The Balaban J connectivity index is 1.49. The van der Waals surface area contributed by atoms with Crippen molar-refractivity contribution in [3.8, 4) is 0 Å². The molecule has 1 N–H and O–H groups in total. The average Bonchev–Trinajstić information content (AvgIpc) is 3.27. The Hall–Kier alpha value is -2.83. The van der Waals surface area contributed by atoms with E-state index >= 15 is 0 Å². The highest BCUT2D eigenvalue weighted by Gasteiger charge is 2.28. The minimum absolute atomic E-state index is 0.0785.